The van der Waals surface area contributed by atoms with Gasteiger partial charge in [0.15, 0.2) is 0 Å². The van der Waals surface area contributed by atoms with Crippen molar-refractivity contribution in [1.82, 2.24) is 0 Å². The molecule has 1 aliphatic rings. The second-order valence-corrected chi connectivity index (χ2v) is 3.28. The molecule has 0 radical (unpaired) electrons. The summed E-state index contributed by atoms with van der Waals surface area (Å²) in [7, 11) is 0. The Kier molecular flexibility index (Phi) is 3.63. The summed E-state index contributed by atoms with van der Waals surface area (Å²) >= 11 is 0. The molecule has 1 saturated heterocycles. The molecule has 5 heteroatoms. The minimum atomic E-state index is -1.24. The monoisotopic (exact) mass is 192 g/mol. The molecule has 13 heavy (non-hydrogen) atoms. The Balaban J connectivity index is 2.66. The highest BCUT2D eigenvalue weighted by molar-refractivity contribution is 4.91. The van der Waals surface area contributed by atoms with Gasteiger partial charge < -0.3 is 25.2 Å². The van der Waals surface area contributed by atoms with E-state index in [0.717, 1.165) is 0 Å². The molecule has 4 N–H and O–H groups in total. The SMILES string of the molecule is CC[C@@H]1OC(CO)[C@@H](O)C(O)C1O. The van der Waals surface area contributed by atoms with Gasteiger partial charge in [0.2, 0.25) is 0 Å². The molecule has 0 aromatic rings. The Morgan fingerprint density at radius 1 is 1.00 bits per heavy atom. The molecule has 0 aromatic carbocycles. The fourth-order valence-electron chi connectivity index (χ4n) is 1.52. The van der Waals surface area contributed by atoms with Gasteiger partial charge in [-0.05, 0) is 6.42 Å². The molecule has 0 saturated carbocycles. The van der Waals surface area contributed by atoms with Crippen LogP contribution in [0.2, 0.25) is 0 Å². The summed E-state index contributed by atoms with van der Waals surface area (Å²) in [6.07, 6.45) is -4.33. The van der Waals surface area contributed by atoms with E-state index in [1.165, 1.54) is 0 Å². The van der Waals surface area contributed by atoms with E-state index in [-0.39, 0.29) is 6.61 Å². The van der Waals surface area contributed by atoms with Crippen LogP contribution in [0.1, 0.15) is 13.3 Å². The molecule has 1 fully saturated rings. The molecule has 5 atom stereocenters. The maximum Gasteiger partial charge on any atom is 0.111 e. The summed E-state index contributed by atoms with van der Waals surface area (Å²) in [5, 5.41) is 36.9. The molecule has 1 rings (SSSR count). The van der Waals surface area contributed by atoms with Crippen LogP contribution in [0.5, 0.6) is 0 Å². The Morgan fingerprint density at radius 3 is 2.00 bits per heavy atom. The zero-order valence-corrected chi connectivity index (χ0v) is 7.50. The molecule has 78 valence electrons. The van der Waals surface area contributed by atoms with Crippen molar-refractivity contribution < 1.29 is 25.2 Å². The predicted molar refractivity (Wildman–Crippen MR) is 44.1 cm³/mol. The van der Waals surface area contributed by atoms with E-state index in [2.05, 4.69) is 0 Å². The van der Waals surface area contributed by atoms with Crippen LogP contribution in [-0.4, -0.2) is 57.6 Å². The van der Waals surface area contributed by atoms with E-state index >= 15 is 0 Å². The molecule has 0 amide bonds. The van der Waals surface area contributed by atoms with Gasteiger partial charge in [0.1, 0.15) is 24.4 Å². The molecule has 1 aliphatic heterocycles. The van der Waals surface area contributed by atoms with Crippen molar-refractivity contribution in [3.05, 3.63) is 0 Å². The third-order valence-corrected chi connectivity index (χ3v) is 2.39. The first-order valence-electron chi connectivity index (χ1n) is 4.42. The van der Waals surface area contributed by atoms with Gasteiger partial charge in [0.05, 0.1) is 12.7 Å². The zero-order valence-electron chi connectivity index (χ0n) is 7.50. The minimum Gasteiger partial charge on any atom is -0.394 e. The summed E-state index contributed by atoms with van der Waals surface area (Å²) < 4.78 is 5.17. The summed E-state index contributed by atoms with van der Waals surface area (Å²) in [5.74, 6) is 0. The predicted octanol–water partition coefficient (Wildman–Crippen LogP) is -1.76. The van der Waals surface area contributed by atoms with E-state index in [0.29, 0.717) is 6.42 Å². The van der Waals surface area contributed by atoms with Gasteiger partial charge in [-0.25, -0.2) is 0 Å². The number of aliphatic hydroxyl groups excluding tert-OH is 4. The number of rotatable bonds is 2. The molecular weight excluding hydrogens is 176 g/mol. The highest BCUT2D eigenvalue weighted by Gasteiger charge is 2.42. The van der Waals surface area contributed by atoms with Gasteiger partial charge >= 0.3 is 0 Å². The van der Waals surface area contributed by atoms with Crippen molar-refractivity contribution in [2.45, 2.75) is 43.9 Å². The highest BCUT2D eigenvalue weighted by Crippen LogP contribution is 2.22. The quantitative estimate of drug-likeness (QED) is 0.416. The van der Waals surface area contributed by atoms with E-state index in [1.54, 1.807) is 6.92 Å². The third-order valence-electron chi connectivity index (χ3n) is 2.39. The largest absolute Gasteiger partial charge is 0.394 e. The van der Waals surface area contributed by atoms with E-state index in [4.69, 9.17) is 9.84 Å². The smallest absolute Gasteiger partial charge is 0.111 e. The lowest BCUT2D eigenvalue weighted by atomic mass is 9.94. The third kappa shape index (κ3) is 2.00. The van der Waals surface area contributed by atoms with Gasteiger partial charge in [-0.2, -0.15) is 0 Å². The van der Waals surface area contributed by atoms with E-state index in [9.17, 15) is 15.3 Å². The summed E-state index contributed by atoms with van der Waals surface area (Å²) in [4.78, 5) is 0. The van der Waals surface area contributed by atoms with Gasteiger partial charge in [0, 0.05) is 0 Å². The van der Waals surface area contributed by atoms with Crippen LogP contribution in [0.25, 0.3) is 0 Å². The van der Waals surface area contributed by atoms with Gasteiger partial charge in [-0.3, -0.25) is 0 Å². The lowest BCUT2D eigenvalue weighted by molar-refractivity contribution is -0.229. The minimum absolute atomic E-state index is 0.360. The second kappa shape index (κ2) is 4.34. The Hall–Kier alpha value is -0.200. The van der Waals surface area contributed by atoms with Crippen LogP contribution in [0.4, 0.5) is 0 Å². The molecule has 0 spiro atoms. The normalized spacial score (nSPS) is 46.4. The standard InChI is InChI=1S/C8H16O5/c1-2-4-6(10)8(12)7(11)5(3-9)13-4/h4-12H,2-3H2,1H3/t4-,5?,6?,7+,8?/m0/s1. The van der Waals surface area contributed by atoms with Gasteiger partial charge in [-0.1, -0.05) is 6.92 Å². The van der Waals surface area contributed by atoms with Crippen LogP contribution in [-0.2, 0) is 4.74 Å². The van der Waals surface area contributed by atoms with E-state index < -0.39 is 30.5 Å². The van der Waals surface area contributed by atoms with E-state index in [1.807, 2.05) is 0 Å². The maximum absolute atomic E-state index is 9.40. The van der Waals surface area contributed by atoms with Crippen molar-refractivity contribution in [1.29, 1.82) is 0 Å². The molecule has 1 heterocycles. The maximum atomic E-state index is 9.40. The van der Waals surface area contributed by atoms with Gasteiger partial charge in [0.25, 0.3) is 0 Å². The average molecular weight is 192 g/mol. The van der Waals surface area contributed by atoms with Crippen molar-refractivity contribution in [2.24, 2.45) is 0 Å². The van der Waals surface area contributed by atoms with Crippen LogP contribution in [0.3, 0.4) is 0 Å². The summed E-state index contributed by atoms with van der Waals surface area (Å²) in [6.45, 7) is 1.44. The number of hydrogen-bond donors (Lipinski definition) is 4. The lowest BCUT2D eigenvalue weighted by Gasteiger charge is -2.39. The molecule has 0 bridgehead atoms. The fraction of sp³-hybridized carbons (Fsp3) is 1.00. The molecule has 0 aromatic heterocycles. The molecule has 0 aliphatic carbocycles. The number of hydrogen-bond acceptors (Lipinski definition) is 5. The van der Waals surface area contributed by atoms with Crippen LogP contribution < -0.4 is 0 Å². The Labute approximate surface area is 76.6 Å². The van der Waals surface area contributed by atoms with Crippen molar-refractivity contribution in [2.75, 3.05) is 6.61 Å². The average Bonchev–Trinajstić information content (AvgIpc) is 2.15. The van der Waals surface area contributed by atoms with Crippen LogP contribution in [0, 0.1) is 0 Å². The molecule has 3 unspecified atom stereocenters. The summed E-state index contributed by atoms with van der Waals surface area (Å²) in [6, 6.07) is 0. The Bertz CT molecular complexity index is 143. The molecular formula is C8H16O5. The molecule has 5 nitrogen and oxygen atoms in total. The van der Waals surface area contributed by atoms with Crippen molar-refractivity contribution >= 4 is 0 Å². The van der Waals surface area contributed by atoms with Crippen molar-refractivity contribution in [3.8, 4) is 0 Å². The fourth-order valence-corrected chi connectivity index (χ4v) is 1.52. The summed E-state index contributed by atoms with van der Waals surface area (Å²) in [5.41, 5.74) is 0. The van der Waals surface area contributed by atoms with Crippen LogP contribution in [0.15, 0.2) is 0 Å². The highest BCUT2D eigenvalue weighted by atomic mass is 16.5. The topological polar surface area (TPSA) is 90.2 Å². The lowest BCUT2D eigenvalue weighted by Crippen LogP contribution is -2.58. The van der Waals surface area contributed by atoms with Crippen LogP contribution >= 0.6 is 0 Å². The second-order valence-electron chi connectivity index (χ2n) is 3.28. The van der Waals surface area contributed by atoms with Crippen molar-refractivity contribution in [3.63, 3.8) is 0 Å². The first kappa shape index (κ1) is 10.9. The number of ether oxygens (including phenoxy) is 1. The van der Waals surface area contributed by atoms with Gasteiger partial charge in [-0.15, -0.1) is 0 Å². The first-order valence-corrected chi connectivity index (χ1v) is 4.42. The number of aliphatic hydroxyl groups is 4. The zero-order chi connectivity index (χ0) is 10.0. The first-order chi connectivity index (χ1) is 6.11. The Morgan fingerprint density at radius 2 is 1.54 bits per heavy atom.